The van der Waals surface area contributed by atoms with Gasteiger partial charge in [-0.25, -0.2) is 8.78 Å². The van der Waals surface area contributed by atoms with Crippen LogP contribution in [0.3, 0.4) is 0 Å². The quantitative estimate of drug-likeness (QED) is 0.407. The number of nitrogens with one attached hydrogen (secondary N) is 1. The molecular weight excluding hydrogens is 138 g/mol. The Morgan fingerprint density at radius 3 is 2.40 bits per heavy atom. The molecule has 1 heterocycles. The minimum Gasteiger partial charge on any atom is -0.355 e. The lowest BCUT2D eigenvalue weighted by Crippen LogP contribution is -2.28. The van der Waals surface area contributed by atoms with Crippen LogP contribution in [0.1, 0.15) is 13.3 Å². The van der Waals surface area contributed by atoms with Crippen LogP contribution >= 0.6 is 0 Å². The Labute approximate surface area is 58.3 Å². The van der Waals surface area contributed by atoms with Gasteiger partial charge < -0.3 is 4.90 Å². The number of amidine groups is 1. The van der Waals surface area contributed by atoms with Crippen molar-refractivity contribution in [3.63, 3.8) is 0 Å². The van der Waals surface area contributed by atoms with E-state index in [0.717, 1.165) is 0 Å². The van der Waals surface area contributed by atoms with Gasteiger partial charge in [-0.2, -0.15) is 0 Å². The molecule has 0 bridgehead atoms. The summed E-state index contributed by atoms with van der Waals surface area (Å²) in [6.45, 7) is 1.58. The first kappa shape index (κ1) is 7.44. The number of rotatable bonds is 0. The second-order valence-corrected chi connectivity index (χ2v) is 2.61. The fourth-order valence-corrected chi connectivity index (χ4v) is 1.02. The van der Waals surface area contributed by atoms with Crippen LogP contribution in [0.5, 0.6) is 0 Å². The molecule has 1 rings (SSSR count). The molecule has 10 heavy (non-hydrogen) atoms. The van der Waals surface area contributed by atoms with Gasteiger partial charge in [-0.1, -0.05) is 0 Å². The second kappa shape index (κ2) is 2.18. The molecule has 1 fully saturated rings. The highest BCUT2D eigenvalue weighted by Crippen LogP contribution is 2.26. The van der Waals surface area contributed by atoms with Gasteiger partial charge in [-0.05, 0) is 6.92 Å². The molecule has 0 aromatic heterocycles. The lowest BCUT2D eigenvalue weighted by molar-refractivity contribution is 0.0175. The molecule has 58 valence electrons. The van der Waals surface area contributed by atoms with E-state index in [9.17, 15) is 8.78 Å². The Balaban J connectivity index is 2.51. The molecule has 0 saturated carbocycles. The summed E-state index contributed by atoms with van der Waals surface area (Å²) in [5.74, 6) is -2.33. The van der Waals surface area contributed by atoms with Crippen LogP contribution in [0.4, 0.5) is 8.78 Å². The summed E-state index contributed by atoms with van der Waals surface area (Å²) in [5, 5.41) is 7.06. The molecule has 0 amide bonds. The Kier molecular flexibility index (Phi) is 1.62. The third kappa shape index (κ3) is 1.43. The second-order valence-electron chi connectivity index (χ2n) is 2.61. The summed E-state index contributed by atoms with van der Waals surface area (Å²) in [5.41, 5.74) is 0. The van der Waals surface area contributed by atoms with Crippen LogP contribution < -0.4 is 0 Å². The minimum absolute atomic E-state index is 0.108. The third-order valence-corrected chi connectivity index (χ3v) is 1.64. The topological polar surface area (TPSA) is 27.1 Å². The maximum atomic E-state index is 12.4. The van der Waals surface area contributed by atoms with Crippen molar-refractivity contribution in [3.05, 3.63) is 0 Å². The fourth-order valence-electron chi connectivity index (χ4n) is 1.02. The van der Waals surface area contributed by atoms with Crippen molar-refractivity contribution in [1.29, 1.82) is 5.41 Å². The van der Waals surface area contributed by atoms with E-state index in [4.69, 9.17) is 5.41 Å². The van der Waals surface area contributed by atoms with E-state index in [1.807, 2.05) is 0 Å². The number of hydrogen-bond acceptors (Lipinski definition) is 1. The van der Waals surface area contributed by atoms with Crippen LogP contribution in [0.2, 0.25) is 0 Å². The Morgan fingerprint density at radius 1 is 1.60 bits per heavy atom. The molecule has 1 saturated heterocycles. The summed E-state index contributed by atoms with van der Waals surface area (Å²) in [6.07, 6.45) is -0.108. The van der Waals surface area contributed by atoms with Gasteiger partial charge in [-0.15, -0.1) is 0 Å². The van der Waals surface area contributed by atoms with Crippen LogP contribution in [0, 0.1) is 5.41 Å². The van der Waals surface area contributed by atoms with Crippen molar-refractivity contribution in [3.8, 4) is 0 Å². The number of likely N-dealkylation sites (tertiary alicyclic amines) is 1. The molecule has 1 aliphatic rings. The molecule has 0 atom stereocenters. The van der Waals surface area contributed by atoms with E-state index in [0.29, 0.717) is 6.54 Å². The summed E-state index contributed by atoms with van der Waals surface area (Å²) in [4.78, 5) is 1.39. The average molecular weight is 148 g/mol. The Bertz CT molecular complexity index is 156. The molecule has 0 aromatic rings. The smallest absolute Gasteiger partial charge is 0.266 e. The lowest BCUT2D eigenvalue weighted by atomic mass is 10.3. The van der Waals surface area contributed by atoms with Gasteiger partial charge in [0.25, 0.3) is 5.92 Å². The largest absolute Gasteiger partial charge is 0.355 e. The molecule has 0 aliphatic carbocycles. The van der Waals surface area contributed by atoms with Gasteiger partial charge in [-0.3, -0.25) is 5.41 Å². The Hall–Kier alpha value is -0.670. The zero-order chi connectivity index (χ0) is 7.78. The zero-order valence-corrected chi connectivity index (χ0v) is 5.82. The van der Waals surface area contributed by atoms with Crippen LogP contribution in [-0.4, -0.2) is 29.7 Å². The van der Waals surface area contributed by atoms with Gasteiger partial charge in [0.15, 0.2) is 0 Å². The maximum Gasteiger partial charge on any atom is 0.266 e. The summed E-state index contributed by atoms with van der Waals surface area (Å²) in [7, 11) is 0. The van der Waals surface area contributed by atoms with Crippen LogP contribution in [0.15, 0.2) is 0 Å². The van der Waals surface area contributed by atoms with Crippen LogP contribution in [0.25, 0.3) is 0 Å². The van der Waals surface area contributed by atoms with E-state index in [2.05, 4.69) is 0 Å². The summed E-state index contributed by atoms with van der Waals surface area (Å²) in [6, 6.07) is 0. The van der Waals surface area contributed by atoms with Crippen molar-refractivity contribution in [2.75, 3.05) is 13.1 Å². The minimum atomic E-state index is -2.57. The molecule has 0 unspecified atom stereocenters. The number of halogens is 2. The first-order chi connectivity index (χ1) is 4.51. The number of alkyl halides is 2. The molecule has 0 radical (unpaired) electrons. The average Bonchev–Trinajstić information content (AvgIpc) is 2.10. The predicted octanol–water partition coefficient (Wildman–Crippen LogP) is 1.32. The van der Waals surface area contributed by atoms with E-state index in [1.54, 1.807) is 0 Å². The molecule has 0 spiro atoms. The van der Waals surface area contributed by atoms with E-state index >= 15 is 0 Å². The van der Waals surface area contributed by atoms with Gasteiger partial charge in [0.1, 0.15) is 0 Å². The highest BCUT2D eigenvalue weighted by Gasteiger charge is 2.38. The van der Waals surface area contributed by atoms with Gasteiger partial charge in [0.05, 0.1) is 12.4 Å². The first-order valence-corrected chi connectivity index (χ1v) is 3.19. The number of hydrogen-bond donors (Lipinski definition) is 1. The monoisotopic (exact) mass is 148 g/mol. The highest BCUT2D eigenvalue weighted by atomic mass is 19.3. The molecular formula is C6H10F2N2. The summed E-state index contributed by atoms with van der Waals surface area (Å²) >= 11 is 0. The number of nitrogens with zero attached hydrogens (tertiary/aromatic N) is 1. The third-order valence-electron chi connectivity index (χ3n) is 1.64. The predicted molar refractivity (Wildman–Crippen MR) is 34.5 cm³/mol. The van der Waals surface area contributed by atoms with Gasteiger partial charge >= 0.3 is 0 Å². The van der Waals surface area contributed by atoms with Crippen molar-refractivity contribution in [2.45, 2.75) is 19.3 Å². The maximum absolute atomic E-state index is 12.4. The van der Waals surface area contributed by atoms with Crippen molar-refractivity contribution in [2.24, 2.45) is 0 Å². The molecule has 4 heteroatoms. The first-order valence-electron chi connectivity index (χ1n) is 3.19. The normalized spacial score (nSPS) is 23.3. The van der Waals surface area contributed by atoms with Crippen LogP contribution in [-0.2, 0) is 0 Å². The van der Waals surface area contributed by atoms with Crippen molar-refractivity contribution < 1.29 is 8.78 Å². The molecule has 0 aromatic carbocycles. The van der Waals surface area contributed by atoms with Crippen molar-refractivity contribution >= 4 is 5.84 Å². The SMILES string of the molecule is CC(=N)N1CCC(F)(F)C1. The van der Waals surface area contributed by atoms with Gasteiger partial charge in [0.2, 0.25) is 0 Å². The van der Waals surface area contributed by atoms with Gasteiger partial charge in [0, 0.05) is 13.0 Å². The standard InChI is InChI=1S/C6H10F2N2/c1-5(9)10-3-2-6(7,8)4-10/h9H,2-4H2,1H3. The van der Waals surface area contributed by atoms with E-state index in [1.165, 1.54) is 11.8 Å². The van der Waals surface area contributed by atoms with Crippen molar-refractivity contribution in [1.82, 2.24) is 4.90 Å². The van der Waals surface area contributed by atoms with E-state index < -0.39 is 5.92 Å². The molecule has 2 nitrogen and oxygen atoms in total. The summed E-state index contributed by atoms with van der Waals surface area (Å²) < 4.78 is 24.8. The lowest BCUT2D eigenvalue weighted by Gasteiger charge is -2.14. The zero-order valence-electron chi connectivity index (χ0n) is 5.82. The molecule has 1 aliphatic heterocycles. The van der Waals surface area contributed by atoms with E-state index in [-0.39, 0.29) is 18.8 Å². The molecule has 1 N–H and O–H groups in total. The highest BCUT2D eigenvalue weighted by molar-refractivity contribution is 5.76. The fraction of sp³-hybridized carbons (Fsp3) is 0.833. The Morgan fingerprint density at radius 2 is 2.20 bits per heavy atom.